The summed E-state index contributed by atoms with van der Waals surface area (Å²) in [5.41, 5.74) is 0.158. The van der Waals surface area contributed by atoms with E-state index in [0.29, 0.717) is 13.0 Å². The Morgan fingerprint density at radius 2 is 2.15 bits per heavy atom. The number of hydrogen-bond donors (Lipinski definition) is 1. The molecule has 7 heteroatoms. The number of carbonyl (C=O) groups is 1. The summed E-state index contributed by atoms with van der Waals surface area (Å²) in [4.78, 5) is 14.2. The zero-order valence-electron chi connectivity index (χ0n) is 12.4. The number of hydrogen-bond acceptors (Lipinski definition) is 5. The molecule has 0 bridgehead atoms. The summed E-state index contributed by atoms with van der Waals surface area (Å²) >= 11 is 0. The summed E-state index contributed by atoms with van der Waals surface area (Å²) in [5, 5.41) is 14.0. The van der Waals surface area contributed by atoms with Gasteiger partial charge in [0.1, 0.15) is 6.33 Å². The van der Waals surface area contributed by atoms with Crippen LogP contribution in [0, 0.1) is 0 Å². The zero-order chi connectivity index (χ0) is 14.4. The lowest BCUT2D eigenvalue weighted by atomic mass is 9.96. The minimum absolute atomic E-state index is 0.117. The smallest absolute Gasteiger partial charge is 0.220 e. The fourth-order valence-electron chi connectivity index (χ4n) is 2.85. The molecule has 0 spiro atoms. The molecule has 1 amide bonds. The molecule has 1 aliphatic rings. The van der Waals surface area contributed by atoms with Gasteiger partial charge in [0, 0.05) is 25.0 Å². The monoisotopic (exact) mass is 280 g/mol. The van der Waals surface area contributed by atoms with Crippen LogP contribution in [0.15, 0.2) is 6.33 Å². The van der Waals surface area contributed by atoms with Gasteiger partial charge in [0.25, 0.3) is 0 Å². The van der Waals surface area contributed by atoms with Gasteiger partial charge in [0.05, 0.1) is 0 Å². The van der Waals surface area contributed by atoms with Crippen LogP contribution in [0.3, 0.4) is 0 Å². The number of amides is 1. The Balaban J connectivity index is 1.69. The third kappa shape index (κ3) is 3.75. The summed E-state index contributed by atoms with van der Waals surface area (Å²) in [6.45, 7) is 1.43. The minimum atomic E-state index is 0.117. The van der Waals surface area contributed by atoms with Crippen molar-refractivity contribution in [3.8, 4) is 0 Å². The standard InChI is InChI=1S/C13H24N6O/c1-18(2)13(7-3-4-8-13)10-14-12(20)6-5-9-19-11-15-16-17-19/h11H,3-10H2,1-2H3,(H,14,20). The quantitative estimate of drug-likeness (QED) is 0.784. The molecule has 20 heavy (non-hydrogen) atoms. The number of tetrazole rings is 1. The fourth-order valence-corrected chi connectivity index (χ4v) is 2.85. The molecule has 0 radical (unpaired) electrons. The Labute approximate surface area is 119 Å². The minimum Gasteiger partial charge on any atom is -0.354 e. The second-order valence-electron chi connectivity index (χ2n) is 5.78. The Bertz CT molecular complexity index is 411. The van der Waals surface area contributed by atoms with Gasteiger partial charge in [0.2, 0.25) is 5.91 Å². The third-order valence-electron chi connectivity index (χ3n) is 4.28. The van der Waals surface area contributed by atoms with E-state index in [9.17, 15) is 4.79 Å². The molecule has 1 fully saturated rings. The van der Waals surface area contributed by atoms with E-state index in [1.165, 1.54) is 25.7 Å². The first-order chi connectivity index (χ1) is 9.62. The van der Waals surface area contributed by atoms with E-state index in [1.54, 1.807) is 11.0 Å². The van der Waals surface area contributed by atoms with Crippen molar-refractivity contribution >= 4 is 5.91 Å². The fraction of sp³-hybridized carbons (Fsp3) is 0.846. The van der Waals surface area contributed by atoms with E-state index in [1.807, 2.05) is 0 Å². The van der Waals surface area contributed by atoms with Crippen molar-refractivity contribution in [3.63, 3.8) is 0 Å². The summed E-state index contributed by atoms with van der Waals surface area (Å²) in [6.07, 6.45) is 7.70. The maximum absolute atomic E-state index is 11.9. The molecule has 7 nitrogen and oxygen atoms in total. The number of aryl methyl sites for hydroxylation is 1. The molecule has 0 aliphatic heterocycles. The van der Waals surface area contributed by atoms with Crippen molar-refractivity contribution in [2.45, 2.75) is 50.6 Å². The Kier molecular flexibility index (Phi) is 5.05. The largest absolute Gasteiger partial charge is 0.354 e. The summed E-state index contributed by atoms with van der Waals surface area (Å²) in [6, 6.07) is 0. The van der Waals surface area contributed by atoms with Crippen molar-refractivity contribution in [2.24, 2.45) is 0 Å². The lowest BCUT2D eigenvalue weighted by Gasteiger charge is -2.36. The van der Waals surface area contributed by atoms with Crippen LogP contribution in [0.2, 0.25) is 0 Å². The molecule has 1 saturated carbocycles. The molecule has 0 saturated heterocycles. The molecular weight excluding hydrogens is 256 g/mol. The van der Waals surface area contributed by atoms with Gasteiger partial charge in [-0.1, -0.05) is 12.8 Å². The lowest BCUT2D eigenvalue weighted by Crippen LogP contribution is -2.50. The number of nitrogens with one attached hydrogen (secondary N) is 1. The van der Waals surface area contributed by atoms with E-state index in [-0.39, 0.29) is 11.4 Å². The van der Waals surface area contributed by atoms with Gasteiger partial charge in [-0.2, -0.15) is 0 Å². The normalized spacial score (nSPS) is 17.6. The number of nitrogens with zero attached hydrogens (tertiary/aromatic N) is 5. The van der Waals surface area contributed by atoms with E-state index in [0.717, 1.165) is 13.0 Å². The third-order valence-corrected chi connectivity index (χ3v) is 4.28. The number of aromatic nitrogens is 4. The Hall–Kier alpha value is -1.50. The Morgan fingerprint density at radius 1 is 1.40 bits per heavy atom. The molecule has 0 aromatic carbocycles. The predicted molar refractivity (Wildman–Crippen MR) is 74.9 cm³/mol. The van der Waals surface area contributed by atoms with Gasteiger partial charge >= 0.3 is 0 Å². The highest BCUT2D eigenvalue weighted by Gasteiger charge is 2.35. The van der Waals surface area contributed by atoms with Gasteiger partial charge in [-0.15, -0.1) is 5.10 Å². The van der Waals surface area contributed by atoms with Crippen molar-refractivity contribution in [1.82, 2.24) is 30.4 Å². The van der Waals surface area contributed by atoms with Crippen LogP contribution < -0.4 is 5.32 Å². The van der Waals surface area contributed by atoms with Gasteiger partial charge < -0.3 is 10.2 Å². The topological polar surface area (TPSA) is 75.9 Å². The van der Waals surface area contributed by atoms with E-state index < -0.39 is 0 Å². The SMILES string of the molecule is CN(C)C1(CNC(=O)CCCn2cnnn2)CCCC1. The number of rotatable bonds is 7. The summed E-state index contributed by atoms with van der Waals surface area (Å²) in [5.74, 6) is 0.117. The first-order valence-corrected chi connectivity index (χ1v) is 7.27. The van der Waals surface area contributed by atoms with Crippen LogP contribution in [0.25, 0.3) is 0 Å². The first kappa shape index (κ1) is 14.9. The van der Waals surface area contributed by atoms with Crippen LogP contribution >= 0.6 is 0 Å². The maximum atomic E-state index is 11.9. The summed E-state index contributed by atoms with van der Waals surface area (Å²) < 4.78 is 1.64. The van der Waals surface area contributed by atoms with Gasteiger partial charge in [-0.05, 0) is 43.8 Å². The predicted octanol–water partition coefficient (Wildman–Crippen LogP) is 0.444. The lowest BCUT2D eigenvalue weighted by molar-refractivity contribution is -0.121. The summed E-state index contributed by atoms with van der Waals surface area (Å²) in [7, 11) is 4.21. The van der Waals surface area contributed by atoms with Gasteiger partial charge in [-0.25, -0.2) is 4.68 Å². The molecule has 1 aliphatic carbocycles. The first-order valence-electron chi connectivity index (χ1n) is 7.27. The van der Waals surface area contributed by atoms with Crippen LogP contribution in [-0.2, 0) is 11.3 Å². The van der Waals surface area contributed by atoms with Crippen molar-refractivity contribution in [3.05, 3.63) is 6.33 Å². The van der Waals surface area contributed by atoms with Crippen LogP contribution in [-0.4, -0.2) is 57.2 Å². The molecule has 1 aromatic rings. The highest BCUT2D eigenvalue weighted by Crippen LogP contribution is 2.33. The van der Waals surface area contributed by atoms with Crippen LogP contribution in [0.1, 0.15) is 38.5 Å². The Morgan fingerprint density at radius 3 is 2.75 bits per heavy atom. The van der Waals surface area contributed by atoms with E-state index >= 15 is 0 Å². The van der Waals surface area contributed by atoms with Gasteiger partial charge in [-0.3, -0.25) is 4.79 Å². The van der Waals surface area contributed by atoms with Gasteiger partial charge in [0.15, 0.2) is 0 Å². The van der Waals surface area contributed by atoms with Crippen LogP contribution in [0.5, 0.6) is 0 Å². The molecule has 0 atom stereocenters. The molecule has 0 unspecified atom stereocenters. The molecule has 1 aromatic heterocycles. The highest BCUT2D eigenvalue weighted by atomic mass is 16.1. The molecule has 1 N–H and O–H groups in total. The molecule has 2 rings (SSSR count). The van der Waals surface area contributed by atoms with Crippen molar-refractivity contribution in [1.29, 1.82) is 0 Å². The number of carbonyl (C=O) groups excluding carboxylic acids is 1. The van der Waals surface area contributed by atoms with Crippen LogP contribution in [0.4, 0.5) is 0 Å². The second-order valence-corrected chi connectivity index (χ2v) is 5.78. The molecule has 1 heterocycles. The van der Waals surface area contributed by atoms with E-state index in [2.05, 4.69) is 39.8 Å². The van der Waals surface area contributed by atoms with Crippen molar-refractivity contribution < 1.29 is 4.79 Å². The second kappa shape index (κ2) is 6.78. The maximum Gasteiger partial charge on any atom is 0.220 e. The average molecular weight is 280 g/mol. The highest BCUT2D eigenvalue weighted by molar-refractivity contribution is 5.75. The number of likely N-dealkylation sites (N-methyl/N-ethyl adjacent to an activating group) is 1. The molecule has 112 valence electrons. The zero-order valence-corrected chi connectivity index (χ0v) is 12.4. The molecular formula is C13H24N6O. The van der Waals surface area contributed by atoms with E-state index in [4.69, 9.17) is 0 Å². The van der Waals surface area contributed by atoms with Crippen molar-refractivity contribution in [2.75, 3.05) is 20.6 Å². The average Bonchev–Trinajstić information content (AvgIpc) is 3.08.